The van der Waals surface area contributed by atoms with Gasteiger partial charge in [-0.2, -0.15) is 0 Å². The number of rotatable bonds is 40. The van der Waals surface area contributed by atoms with Crippen LogP contribution in [0, 0.1) is 0 Å². The zero-order chi connectivity index (χ0) is 44.2. The first-order valence-corrected chi connectivity index (χ1v) is 26.5. The standard InChI is InChI=1S/C52H86O8S/c1-3-5-7-9-11-13-15-17-19-21-23-25-27-29-31-33-35-41-59-51(55)45-37-39-47(53)49(43-45)61(57,58)50-44-46(38-40-48(50)54)52(56)60-42-36-34-32-30-28-26-24-22-20-18-16-14-12-10-8-6-4-2/h37-40,43-44,53-54H,3-36,41-42H2,1-2H3. The van der Waals surface area contributed by atoms with Crippen molar-refractivity contribution in [3.05, 3.63) is 47.5 Å². The average Bonchev–Trinajstić information content (AvgIpc) is 3.25. The second-order valence-electron chi connectivity index (χ2n) is 17.5. The lowest BCUT2D eigenvalue weighted by Crippen LogP contribution is -2.11. The van der Waals surface area contributed by atoms with Crippen LogP contribution in [0.3, 0.4) is 0 Å². The summed E-state index contributed by atoms with van der Waals surface area (Å²) in [5.74, 6) is -2.57. The van der Waals surface area contributed by atoms with E-state index in [2.05, 4.69) is 13.8 Å². The topological polar surface area (TPSA) is 127 Å². The van der Waals surface area contributed by atoms with Crippen LogP contribution in [0.15, 0.2) is 46.2 Å². The van der Waals surface area contributed by atoms with Gasteiger partial charge in [0, 0.05) is 0 Å². The van der Waals surface area contributed by atoms with Gasteiger partial charge in [0.15, 0.2) is 0 Å². The Morgan fingerprint density at radius 2 is 0.623 bits per heavy atom. The molecule has 61 heavy (non-hydrogen) atoms. The molecule has 2 aromatic carbocycles. The molecule has 348 valence electrons. The van der Waals surface area contributed by atoms with Gasteiger partial charge in [0.1, 0.15) is 21.3 Å². The Morgan fingerprint density at radius 1 is 0.393 bits per heavy atom. The SMILES string of the molecule is CCCCCCCCCCCCCCCCCCCOC(=O)c1ccc(O)c(S(=O)(=O)c2cc(C(=O)OCCCCCCCCCCCCCCCCCCC)ccc2O)c1. The van der Waals surface area contributed by atoms with E-state index in [9.17, 15) is 28.2 Å². The fraction of sp³-hybridized carbons (Fsp3) is 0.731. The molecule has 0 spiro atoms. The first kappa shape index (κ1) is 54.1. The number of aromatic hydroxyl groups is 2. The van der Waals surface area contributed by atoms with Crippen LogP contribution >= 0.6 is 0 Å². The zero-order valence-electron chi connectivity index (χ0n) is 38.7. The van der Waals surface area contributed by atoms with Gasteiger partial charge in [0.05, 0.1) is 24.3 Å². The number of ether oxygens (including phenoxy) is 2. The molecular formula is C52H86O8S. The van der Waals surface area contributed by atoms with Crippen molar-refractivity contribution in [2.75, 3.05) is 13.2 Å². The van der Waals surface area contributed by atoms with E-state index in [0.717, 1.165) is 62.8 Å². The number of hydrogen-bond donors (Lipinski definition) is 2. The molecule has 2 N–H and O–H groups in total. The van der Waals surface area contributed by atoms with Crippen molar-refractivity contribution in [3.8, 4) is 11.5 Å². The molecular weight excluding hydrogens is 785 g/mol. The van der Waals surface area contributed by atoms with Crippen LogP contribution in [0.5, 0.6) is 11.5 Å². The molecule has 0 fully saturated rings. The predicted octanol–water partition coefficient (Wildman–Crippen LogP) is 15.5. The van der Waals surface area contributed by atoms with Crippen LogP contribution in [-0.2, 0) is 19.3 Å². The minimum atomic E-state index is -4.54. The Balaban J connectivity index is 1.63. The molecule has 0 atom stereocenters. The smallest absolute Gasteiger partial charge is 0.338 e. The Bertz CT molecular complexity index is 1430. The summed E-state index contributed by atoms with van der Waals surface area (Å²) in [6.07, 6.45) is 42.7. The Morgan fingerprint density at radius 3 is 0.869 bits per heavy atom. The largest absolute Gasteiger partial charge is 0.507 e. The molecule has 2 rings (SSSR count). The zero-order valence-corrected chi connectivity index (χ0v) is 39.5. The van der Waals surface area contributed by atoms with Crippen molar-refractivity contribution >= 4 is 21.8 Å². The summed E-state index contributed by atoms with van der Waals surface area (Å²) >= 11 is 0. The quantitative estimate of drug-likeness (QED) is 0.0501. The Hall–Kier alpha value is -3.07. The monoisotopic (exact) mass is 871 g/mol. The Kier molecular flexibility index (Phi) is 31.4. The number of benzene rings is 2. The first-order chi connectivity index (χ1) is 29.7. The van der Waals surface area contributed by atoms with E-state index >= 15 is 0 Å². The van der Waals surface area contributed by atoms with Gasteiger partial charge in [-0.25, -0.2) is 18.0 Å². The highest BCUT2D eigenvalue weighted by atomic mass is 32.2. The molecule has 9 heteroatoms. The minimum absolute atomic E-state index is 0.0347. The number of carbonyl (C=O) groups excluding carboxylic acids is 2. The van der Waals surface area contributed by atoms with E-state index < -0.39 is 43.1 Å². The molecule has 0 aromatic heterocycles. The molecule has 0 bridgehead atoms. The van der Waals surface area contributed by atoms with Gasteiger partial charge in [0.25, 0.3) is 0 Å². The number of carbonyl (C=O) groups is 2. The van der Waals surface area contributed by atoms with Crippen LogP contribution in [0.2, 0.25) is 0 Å². The lowest BCUT2D eigenvalue weighted by molar-refractivity contribution is 0.0488. The summed E-state index contributed by atoms with van der Waals surface area (Å²) in [4.78, 5) is 24.6. The van der Waals surface area contributed by atoms with Crippen LogP contribution in [0.1, 0.15) is 253 Å². The summed E-state index contributed by atoms with van der Waals surface area (Å²) in [6.45, 7) is 4.95. The van der Waals surface area contributed by atoms with Crippen LogP contribution < -0.4 is 0 Å². The van der Waals surface area contributed by atoms with Crippen LogP contribution in [0.25, 0.3) is 0 Å². The lowest BCUT2D eigenvalue weighted by atomic mass is 10.0. The van der Waals surface area contributed by atoms with E-state index in [0.29, 0.717) is 12.8 Å². The van der Waals surface area contributed by atoms with Gasteiger partial charge >= 0.3 is 11.9 Å². The second-order valence-corrected chi connectivity index (χ2v) is 19.3. The van der Waals surface area contributed by atoms with E-state index in [1.165, 1.54) is 179 Å². The molecule has 0 aliphatic heterocycles. The summed E-state index contributed by atoms with van der Waals surface area (Å²) in [5, 5.41) is 21.1. The Labute approximate surface area is 372 Å². The van der Waals surface area contributed by atoms with Crippen molar-refractivity contribution in [1.82, 2.24) is 0 Å². The van der Waals surface area contributed by atoms with Gasteiger partial charge in [-0.05, 0) is 49.2 Å². The van der Waals surface area contributed by atoms with Crippen molar-refractivity contribution in [1.29, 1.82) is 0 Å². The maximum absolute atomic E-state index is 13.7. The predicted molar refractivity (Wildman–Crippen MR) is 251 cm³/mol. The highest BCUT2D eigenvalue weighted by Gasteiger charge is 2.28. The molecule has 0 saturated heterocycles. The molecule has 0 unspecified atom stereocenters. The van der Waals surface area contributed by atoms with Gasteiger partial charge in [-0.1, -0.05) is 219 Å². The maximum atomic E-state index is 13.7. The highest BCUT2D eigenvalue weighted by molar-refractivity contribution is 7.91. The van der Waals surface area contributed by atoms with Gasteiger partial charge < -0.3 is 19.7 Å². The highest BCUT2D eigenvalue weighted by Crippen LogP contribution is 2.35. The van der Waals surface area contributed by atoms with Crippen molar-refractivity contribution in [2.45, 2.75) is 242 Å². The fourth-order valence-corrected chi connectivity index (χ4v) is 9.47. The third-order valence-electron chi connectivity index (χ3n) is 11.9. The van der Waals surface area contributed by atoms with Crippen molar-refractivity contribution < 1.29 is 37.7 Å². The number of unbranched alkanes of at least 4 members (excludes halogenated alkanes) is 32. The molecule has 0 heterocycles. The maximum Gasteiger partial charge on any atom is 0.338 e. The first-order valence-electron chi connectivity index (χ1n) is 25.0. The number of esters is 2. The van der Waals surface area contributed by atoms with Gasteiger partial charge in [0.2, 0.25) is 9.84 Å². The fourth-order valence-electron chi connectivity index (χ4n) is 7.98. The average molecular weight is 871 g/mol. The van der Waals surface area contributed by atoms with E-state index in [-0.39, 0.29) is 24.3 Å². The summed E-state index contributed by atoms with van der Waals surface area (Å²) in [5.41, 5.74) is -0.0695. The summed E-state index contributed by atoms with van der Waals surface area (Å²) < 4.78 is 38.2. The molecule has 2 aromatic rings. The normalized spacial score (nSPS) is 11.6. The van der Waals surface area contributed by atoms with Gasteiger partial charge in [-0.3, -0.25) is 0 Å². The minimum Gasteiger partial charge on any atom is -0.507 e. The van der Waals surface area contributed by atoms with E-state index in [1.807, 2.05) is 0 Å². The third kappa shape index (κ3) is 25.0. The molecule has 0 aliphatic carbocycles. The lowest BCUT2D eigenvalue weighted by Gasteiger charge is -2.12. The van der Waals surface area contributed by atoms with Crippen LogP contribution in [-0.4, -0.2) is 43.8 Å². The molecule has 0 amide bonds. The van der Waals surface area contributed by atoms with Crippen molar-refractivity contribution in [3.63, 3.8) is 0 Å². The van der Waals surface area contributed by atoms with Crippen LogP contribution in [0.4, 0.5) is 0 Å². The van der Waals surface area contributed by atoms with Crippen molar-refractivity contribution in [2.24, 2.45) is 0 Å². The van der Waals surface area contributed by atoms with E-state index in [4.69, 9.17) is 9.47 Å². The number of phenolic OH excluding ortho intramolecular Hbond substituents is 2. The summed E-state index contributed by atoms with van der Waals surface area (Å²) in [7, 11) is -4.54. The number of phenols is 2. The second kappa shape index (κ2) is 35.4. The molecule has 0 aliphatic rings. The number of hydrogen-bond acceptors (Lipinski definition) is 8. The molecule has 8 nitrogen and oxygen atoms in total. The van der Waals surface area contributed by atoms with Gasteiger partial charge in [-0.15, -0.1) is 0 Å². The van der Waals surface area contributed by atoms with E-state index in [1.54, 1.807) is 0 Å². The molecule has 0 radical (unpaired) electrons. The number of sulfone groups is 1. The molecule has 0 saturated carbocycles. The summed E-state index contributed by atoms with van der Waals surface area (Å²) in [6, 6.07) is 6.94. The third-order valence-corrected chi connectivity index (χ3v) is 13.7.